The van der Waals surface area contributed by atoms with E-state index in [-0.39, 0.29) is 6.10 Å². The number of benzene rings is 1. The van der Waals surface area contributed by atoms with Crippen molar-refractivity contribution < 1.29 is 4.74 Å². The number of piperidine rings is 1. The molecule has 1 aromatic carbocycles. The van der Waals surface area contributed by atoms with Crippen molar-refractivity contribution in [1.29, 1.82) is 0 Å². The van der Waals surface area contributed by atoms with Crippen LogP contribution in [0.3, 0.4) is 0 Å². The average Bonchev–Trinajstić information content (AvgIpc) is 2.83. The van der Waals surface area contributed by atoms with E-state index in [1.165, 1.54) is 37.7 Å². The fraction of sp³-hybridized carbons (Fsp3) is 0.684. The molecule has 0 aromatic heterocycles. The molecule has 4 atom stereocenters. The van der Waals surface area contributed by atoms with E-state index in [0.29, 0.717) is 18.2 Å². The highest BCUT2D eigenvalue weighted by Gasteiger charge is 2.35. The molecule has 2 bridgehead atoms. The summed E-state index contributed by atoms with van der Waals surface area (Å²) in [6.45, 7) is 4.60. The fourth-order valence-electron chi connectivity index (χ4n) is 3.81. The van der Waals surface area contributed by atoms with Gasteiger partial charge in [-0.1, -0.05) is 44.2 Å². The first-order valence-corrected chi connectivity index (χ1v) is 8.67. The van der Waals surface area contributed by atoms with E-state index in [9.17, 15) is 0 Å². The van der Waals surface area contributed by atoms with Crippen LogP contribution in [0.15, 0.2) is 30.3 Å². The summed E-state index contributed by atoms with van der Waals surface area (Å²) in [7, 11) is 0. The van der Waals surface area contributed by atoms with Crippen LogP contribution in [-0.2, 0) is 4.74 Å². The molecule has 2 saturated heterocycles. The molecule has 0 amide bonds. The van der Waals surface area contributed by atoms with Crippen LogP contribution >= 0.6 is 0 Å². The zero-order valence-corrected chi connectivity index (χ0v) is 13.4. The van der Waals surface area contributed by atoms with Gasteiger partial charge in [-0.3, -0.25) is 0 Å². The molecule has 2 unspecified atom stereocenters. The minimum atomic E-state index is 0.274. The van der Waals surface area contributed by atoms with Gasteiger partial charge in [0.1, 0.15) is 0 Å². The average molecular weight is 287 g/mol. The number of ether oxygens (including phenoxy) is 1. The highest BCUT2D eigenvalue weighted by Crippen LogP contribution is 2.33. The van der Waals surface area contributed by atoms with Crippen molar-refractivity contribution in [2.75, 3.05) is 0 Å². The second-order valence-electron chi connectivity index (χ2n) is 7.24. The Kier molecular flexibility index (Phi) is 4.97. The summed E-state index contributed by atoms with van der Waals surface area (Å²) in [6, 6.07) is 12.2. The molecule has 1 aromatic rings. The van der Waals surface area contributed by atoms with Gasteiger partial charge >= 0.3 is 0 Å². The number of fused-ring (bicyclic) bond motifs is 2. The standard InChI is InChI=1S/C19H29NO/c1-14(2)8-11-19(15-6-4-3-5-7-15)21-18-12-16-9-10-17(13-18)20-16/h3-7,14,16-20H,8-13H2,1-2H3/t16-,17+,18?,19?. The van der Waals surface area contributed by atoms with Crippen molar-refractivity contribution in [3.8, 4) is 0 Å². The van der Waals surface area contributed by atoms with E-state index >= 15 is 0 Å². The lowest BCUT2D eigenvalue weighted by molar-refractivity contribution is -0.0424. The van der Waals surface area contributed by atoms with Crippen LogP contribution in [0, 0.1) is 5.92 Å². The van der Waals surface area contributed by atoms with Crippen molar-refractivity contribution >= 4 is 0 Å². The Bertz CT molecular complexity index is 418. The quantitative estimate of drug-likeness (QED) is 0.834. The van der Waals surface area contributed by atoms with Crippen molar-refractivity contribution in [2.24, 2.45) is 5.92 Å². The van der Waals surface area contributed by atoms with Gasteiger partial charge in [0, 0.05) is 12.1 Å². The molecule has 116 valence electrons. The zero-order chi connectivity index (χ0) is 14.7. The second-order valence-corrected chi connectivity index (χ2v) is 7.24. The normalized spacial score (nSPS) is 29.8. The summed E-state index contributed by atoms with van der Waals surface area (Å²) in [5.74, 6) is 0.740. The summed E-state index contributed by atoms with van der Waals surface area (Å²) in [6.07, 6.45) is 8.16. The molecule has 2 aliphatic rings. The summed E-state index contributed by atoms with van der Waals surface area (Å²) >= 11 is 0. The third kappa shape index (κ3) is 4.08. The van der Waals surface area contributed by atoms with Crippen molar-refractivity contribution in [1.82, 2.24) is 5.32 Å². The third-order valence-corrected chi connectivity index (χ3v) is 4.96. The largest absolute Gasteiger partial charge is 0.370 e. The fourth-order valence-corrected chi connectivity index (χ4v) is 3.81. The van der Waals surface area contributed by atoms with Gasteiger partial charge in [-0.25, -0.2) is 0 Å². The molecule has 0 spiro atoms. The number of hydrogen-bond acceptors (Lipinski definition) is 2. The van der Waals surface area contributed by atoms with Gasteiger partial charge in [-0.2, -0.15) is 0 Å². The first-order valence-electron chi connectivity index (χ1n) is 8.67. The predicted octanol–water partition coefficient (Wildman–Crippen LogP) is 4.46. The molecule has 3 rings (SSSR count). The molecular formula is C19H29NO. The highest BCUT2D eigenvalue weighted by molar-refractivity contribution is 5.17. The van der Waals surface area contributed by atoms with Crippen LogP contribution < -0.4 is 5.32 Å². The molecule has 2 nitrogen and oxygen atoms in total. The molecular weight excluding hydrogens is 258 g/mol. The summed E-state index contributed by atoms with van der Waals surface area (Å²) in [4.78, 5) is 0. The van der Waals surface area contributed by atoms with Gasteiger partial charge in [-0.05, 0) is 50.0 Å². The topological polar surface area (TPSA) is 21.3 Å². The van der Waals surface area contributed by atoms with Crippen LogP contribution in [0.5, 0.6) is 0 Å². The maximum atomic E-state index is 6.57. The van der Waals surface area contributed by atoms with E-state index in [0.717, 1.165) is 12.3 Å². The lowest BCUT2D eigenvalue weighted by Gasteiger charge is -2.32. The molecule has 1 N–H and O–H groups in total. The molecule has 0 radical (unpaired) electrons. The smallest absolute Gasteiger partial charge is 0.0828 e. The van der Waals surface area contributed by atoms with Crippen LogP contribution in [-0.4, -0.2) is 18.2 Å². The maximum Gasteiger partial charge on any atom is 0.0828 e. The second kappa shape index (κ2) is 6.93. The number of rotatable bonds is 6. The van der Waals surface area contributed by atoms with Crippen LogP contribution in [0.2, 0.25) is 0 Å². The summed E-state index contributed by atoms with van der Waals surface area (Å²) < 4.78 is 6.57. The Hall–Kier alpha value is -0.860. The molecule has 2 aliphatic heterocycles. The van der Waals surface area contributed by atoms with E-state index in [4.69, 9.17) is 4.74 Å². The minimum absolute atomic E-state index is 0.274. The van der Waals surface area contributed by atoms with E-state index in [2.05, 4.69) is 49.5 Å². The monoisotopic (exact) mass is 287 g/mol. The predicted molar refractivity (Wildman–Crippen MR) is 87.3 cm³/mol. The summed E-state index contributed by atoms with van der Waals surface area (Å²) in [5.41, 5.74) is 1.35. The Morgan fingerprint density at radius 1 is 1.05 bits per heavy atom. The van der Waals surface area contributed by atoms with Crippen LogP contribution in [0.1, 0.15) is 64.0 Å². The highest BCUT2D eigenvalue weighted by atomic mass is 16.5. The zero-order valence-electron chi connectivity index (χ0n) is 13.4. The first kappa shape index (κ1) is 15.1. The van der Waals surface area contributed by atoms with Gasteiger partial charge < -0.3 is 10.1 Å². The van der Waals surface area contributed by atoms with Gasteiger partial charge in [-0.15, -0.1) is 0 Å². The van der Waals surface area contributed by atoms with Crippen molar-refractivity contribution in [2.45, 2.75) is 76.7 Å². The maximum absolute atomic E-state index is 6.57. The number of hydrogen-bond donors (Lipinski definition) is 1. The third-order valence-electron chi connectivity index (χ3n) is 4.96. The van der Waals surface area contributed by atoms with Gasteiger partial charge in [0.05, 0.1) is 12.2 Å². The van der Waals surface area contributed by atoms with Crippen LogP contribution in [0.4, 0.5) is 0 Å². The van der Waals surface area contributed by atoms with Gasteiger partial charge in [0.2, 0.25) is 0 Å². The summed E-state index contributed by atoms with van der Waals surface area (Å²) in [5, 5.41) is 3.70. The minimum Gasteiger partial charge on any atom is -0.370 e. The SMILES string of the molecule is CC(C)CCC(OC1C[C@H]2CC[C@@H](C1)N2)c1ccccc1. The Morgan fingerprint density at radius 3 is 2.33 bits per heavy atom. The first-order chi connectivity index (χ1) is 10.2. The molecule has 2 heterocycles. The Balaban J connectivity index is 1.64. The Morgan fingerprint density at radius 2 is 1.71 bits per heavy atom. The van der Waals surface area contributed by atoms with Gasteiger partial charge in [0.15, 0.2) is 0 Å². The molecule has 0 saturated carbocycles. The van der Waals surface area contributed by atoms with Crippen LogP contribution in [0.25, 0.3) is 0 Å². The van der Waals surface area contributed by atoms with Crippen molar-refractivity contribution in [3.05, 3.63) is 35.9 Å². The van der Waals surface area contributed by atoms with Gasteiger partial charge in [0.25, 0.3) is 0 Å². The molecule has 2 heteroatoms. The van der Waals surface area contributed by atoms with E-state index in [1.54, 1.807) is 0 Å². The van der Waals surface area contributed by atoms with E-state index in [1.807, 2.05) is 0 Å². The van der Waals surface area contributed by atoms with E-state index < -0.39 is 0 Å². The van der Waals surface area contributed by atoms with Crippen molar-refractivity contribution in [3.63, 3.8) is 0 Å². The molecule has 0 aliphatic carbocycles. The molecule has 2 fully saturated rings. The number of nitrogens with one attached hydrogen (secondary N) is 1. The lowest BCUT2D eigenvalue weighted by atomic mass is 9.98. The Labute approximate surface area is 129 Å². The molecule has 21 heavy (non-hydrogen) atoms. The lowest BCUT2D eigenvalue weighted by Crippen LogP contribution is -2.41.